The molecule has 0 aromatic rings. The Bertz CT molecular complexity index is 194. The third-order valence-electron chi connectivity index (χ3n) is 2.42. The molecule has 4 nitrogen and oxygen atoms in total. The minimum Gasteiger partial charge on any atom is -0.370 e. The predicted octanol–water partition coefficient (Wildman–Crippen LogP) is 0.803. The molecule has 0 aliphatic heterocycles. The van der Waals surface area contributed by atoms with E-state index in [0.717, 1.165) is 13.1 Å². The summed E-state index contributed by atoms with van der Waals surface area (Å²) in [6.07, 6.45) is 0.357. The Morgan fingerprint density at radius 2 is 1.56 bits per heavy atom. The molecule has 1 unspecified atom stereocenters. The van der Waals surface area contributed by atoms with Gasteiger partial charge in [0.25, 0.3) is 0 Å². The largest absolute Gasteiger partial charge is 0.370 e. The van der Waals surface area contributed by atoms with Gasteiger partial charge in [-0.05, 0) is 11.8 Å². The van der Waals surface area contributed by atoms with Gasteiger partial charge in [-0.25, -0.2) is 0 Å². The molecule has 0 aliphatic carbocycles. The molecule has 4 heteroatoms. The fourth-order valence-corrected chi connectivity index (χ4v) is 1.90. The SMILES string of the molecule is CC(C)CN(CC(C)C)C(CN)CC(N)=O. The average molecular weight is 229 g/mol. The fourth-order valence-electron chi connectivity index (χ4n) is 1.90. The van der Waals surface area contributed by atoms with Gasteiger partial charge in [0.05, 0.1) is 0 Å². The Balaban J connectivity index is 4.47. The lowest BCUT2D eigenvalue weighted by atomic mass is 10.1. The molecule has 1 atom stereocenters. The first kappa shape index (κ1) is 15.4. The maximum absolute atomic E-state index is 11.0. The maximum Gasteiger partial charge on any atom is 0.219 e. The number of amides is 1. The van der Waals surface area contributed by atoms with Crippen molar-refractivity contribution in [2.24, 2.45) is 23.3 Å². The summed E-state index contributed by atoms with van der Waals surface area (Å²) >= 11 is 0. The van der Waals surface area contributed by atoms with Crippen LogP contribution in [-0.4, -0.2) is 36.5 Å². The lowest BCUT2D eigenvalue weighted by Gasteiger charge is -2.33. The maximum atomic E-state index is 11.0. The molecule has 0 radical (unpaired) electrons. The Morgan fingerprint density at radius 3 is 1.81 bits per heavy atom. The van der Waals surface area contributed by atoms with Gasteiger partial charge < -0.3 is 11.5 Å². The van der Waals surface area contributed by atoms with Crippen molar-refractivity contribution >= 4 is 5.91 Å². The first-order chi connectivity index (χ1) is 7.36. The molecule has 16 heavy (non-hydrogen) atoms. The highest BCUT2D eigenvalue weighted by molar-refractivity contribution is 5.74. The van der Waals surface area contributed by atoms with Gasteiger partial charge in [0.1, 0.15) is 0 Å². The molecule has 0 fully saturated rings. The van der Waals surface area contributed by atoms with Gasteiger partial charge in [-0.15, -0.1) is 0 Å². The molecule has 0 heterocycles. The normalized spacial score (nSPS) is 13.8. The van der Waals surface area contributed by atoms with Gasteiger partial charge in [-0.1, -0.05) is 27.7 Å². The van der Waals surface area contributed by atoms with E-state index in [-0.39, 0.29) is 11.9 Å². The van der Waals surface area contributed by atoms with E-state index in [1.165, 1.54) is 0 Å². The van der Waals surface area contributed by atoms with Crippen LogP contribution in [0.2, 0.25) is 0 Å². The van der Waals surface area contributed by atoms with Crippen LogP contribution in [0.5, 0.6) is 0 Å². The summed E-state index contributed by atoms with van der Waals surface area (Å²) in [4.78, 5) is 13.3. The molecule has 0 aromatic carbocycles. The highest BCUT2D eigenvalue weighted by Crippen LogP contribution is 2.10. The number of carbonyl (C=O) groups excluding carboxylic acids is 1. The van der Waals surface area contributed by atoms with Crippen molar-refractivity contribution in [3.63, 3.8) is 0 Å². The molecule has 4 N–H and O–H groups in total. The van der Waals surface area contributed by atoms with Gasteiger partial charge in [0.2, 0.25) is 5.91 Å². The first-order valence-corrected chi connectivity index (χ1v) is 6.09. The summed E-state index contributed by atoms with van der Waals surface area (Å²) in [5.41, 5.74) is 11.0. The third-order valence-corrected chi connectivity index (χ3v) is 2.42. The zero-order valence-corrected chi connectivity index (χ0v) is 11.1. The van der Waals surface area contributed by atoms with Crippen LogP contribution >= 0.6 is 0 Å². The molecule has 0 saturated heterocycles. The fraction of sp³-hybridized carbons (Fsp3) is 0.917. The molecule has 0 rings (SSSR count). The summed E-state index contributed by atoms with van der Waals surface area (Å²) in [7, 11) is 0. The van der Waals surface area contributed by atoms with Crippen molar-refractivity contribution in [2.45, 2.75) is 40.2 Å². The minimum absolute atomic E-state index is 0.0855. The lowest BCUT2D eigenvalue weighted by molar-refractivity contribution is -0.119. The van der Waals surface area contributed by atoms with Crippen LogP contribution < -0.4 is 11.5 Å². The van der Waals surface area contributed by atoms with Crippen molar-refractivity contribution in [1.82, 2.24) is 4.90 Å². The van der Waals surface area contributed by atoms with Crippen LogP contribution in [0.1, 0.15) is 34.1 Å². The lowest BCUT2D eigenvalue weighted by Crippen LogP contribution is -2.46. The second kappa shape index (κ2) is 7.63. The van der Waals surface area contributed by atoms with Crippen LogP contribution in [0.25, 0.3) is 0 Å². The highest BCUT2D eigenvalue weighted by Gasteiger charge is 2.20. The molecule has 0 aromatic heterocycles. The van der Waals surface area contributed by atoms with Gasteiger partial charge in [0.15, 0.2) is 0 Å². The summed E-state index contributed by atoms with van der Waals surface area (Å²) in [5, 5.41) is 0. The molecular formula is C12H27N3O. The van der Waals surface area contributed by atoms with E-state index in [1.807, 2.05) is 0 Å². The van der Waals surface area contributed by atoms with Crippen LogP contribution in [0.15, 0.2) is 0 Å². The van der Waals surface area contributed by atoms with E-state index in [2.05, 4.69) is 32.6 Å². The molecular weight excluding hydrogens is 202 g/mol. The molecule has 96 valence electrons. The van der Waals surface area contributed by atoms with E-state index < -0.39 is 0 Å². The number of primary amides is 1. The molecule has 0 spiro atoms. The summed E-state index contributed by atoms with van der Waals surface area (Å²) in [5.74, 6) is 0.870. The van der Waals surface area contributed by atoms with Crippen molar-refractivity contribution in [3.8, 4) is 0 Å². The van der Waals surface area contributed by atoms with E-state index >= 15 is 0 Å². The Kier molecular flexibility index (Phi) is 7.34. The minimum atomic E-state index is -0.270. The first-order valence-electron chi connectivity index (χ1n) is 6.09. The second-order valence-corrected chi connectivity index (χ2v) is 5.30. The Hall–Kier alpha value is -0.610. The van der Waals surface area contributed by atoms with Crippen molar-refractivity contribution in [3.05, 3.63) is 0 Å². The zero-order valence-electron chi connectivity index (χ0n) is 11.1. The van der Waals surface area contributed by atoms with Gasteiger partial charge in [-0.2, -0.15) is 0 Å². The number of hydrogen-bond acceptors (Lipinski definition) is 3. The molecule has 0 aliphatic rings. The van der Waals surface area contributed by atoms with Crippen molar-refractivity contribution in [2.75, 3.05) is 19.6 Å². The predicted molar refractivity (Wildman–Crippen MR) is 67.9 cm³/mol. The van der Waals surface area contributed by atoms with Gasteiger partial charge >= 0.3 is 0 Å². The molecule has 0 bridgehead atoms. The van der Waals surface area contributed by atoms with Gasteiger partial charge in [0, 0.05) is 32.1 Å². The summed E-state index contributed by atoms with van der Waals surface area (Å²) in [6, 6.07) is 0.0855. The van der Waals surface area contributed by atoms with E-state index in [4.69, 9.17) is 11.5 Å². The van der Waals surface area contributed by atoms with Crippen LogP contribution in [-0.2, 0) is 4.79 Å². The van der Waals surface area contributed by atoms with E-state index in [0.29, 0.717) is 24.8 Å². The van der Waals surface area contributed by atoms with Crippen LogP contribution in [0.4, 0.5) is 0 Å². The highest BCUT2D eigenvalue weighted by atomic mass is 16.1. The van der Waals surface area contributed by atoms with Crippen LogP contribution in [0, 0.1) is 11.8 Å². The van der Waals surface area contributed by atoms with Crippen molar-refractivity contribution < 1.29 is 4.79 Å². The average Bonchev–Trinajstić information content (AvgIpc) is 2.11. The number of carbonyl (C=O) groups is 1. The Labute approximate surface area is 99.4 Å². The molecule has 1 amide bonds. The molecule has 0 saturated carbocycles. The smallest absolute Gasteiger partial charge is 0.219 e. The second-order valence-electron chi connectivity index (χ2n) is 5.30. The standard InChI is InChI=1S/C12H27N3O/c1-9(2)7-15(8-10(3)4)11(6-13)5-12(14)16/h9-11H,5-8,13H2,1-4H3,(H2,14,16). The third kappa shape index (κ3) is 6.80. The zero-order chi connectivity index (χ0) is 12.7. The number of nitrogens with zero attached hydrogens (tertiary/aromatic N) is 1. The van der Waals surface area contributed by atoms with Crippen LogP contribution in [0.3, 0.4) is 0 Å². The number of nitrogens with two attached hydrogens (primary N) is 2. The van der Waals surface area contributed by atoms with E-state index in [1.54, 1.807) is 0 Å². The Morgan fingerprint density at radius 1 is 1.12 bits per heavy atom. The van der Waals surface area contributed by atoms with Crippen molar-refractivity contribution in [1.29, 1.82) is 0 Å². The summed E-state index contributed by atoms with van der Waals surface area (Å²) < 4.78 is 0. The number of hydrogen-bond donors (Lipinski definition) is 2. The topological polar surface area (TPSA) is 72.3 Å². The quantitative estimate of drug-likeness (QED) is 0.647. The monoisotopic (exact) mass is 229 g/mol. The summed E-state index contributed by atoms with van der Waals surface area (Å²) in [6.45, 7) is 11.1. The number of rotatable bonds is 8. The van der Waals surface area contributed by atoms with Gasteiger partial charge in [-0.3, -0.25) is 9.69 Å². The van der Waals surface area contributed by atoms with E-state index in [9.17, 15) is 4.79 Å².